The van der Waals surface area contributed by atoms with E-state index in [1.807, 2.05) is 0 Å². The van der Waals surface area contributed by atoms with Crippen LogP contribution in [0.25, 0.3) is 0 Å². The van der Waals surface area contributed by atoms with Crippen molar-refractivity contribution in [3.05, 3.63) is 33.8 Å². The molecule has 0 amide bonds. The molecule has 0 aliphatic carbocycles. The molecule has 1 atom stereocenters. The number of hydrogen-bond donors (Lipinski definition) is 0. The lowest BCUT2D eigenvalue weighted by molar-refractivity contribution is -0.168. The lowest BCUT2D eigenvalue weighted by Gasteiger charge is -2.11. The van der Waals surface area contributed by atoms with Crippen molar-refractivity contribution in [2.75, 3.05) is 7.11 Å². The molecule has 0 fully saturated rings. The fourth-order valence-electron chi connectivity index (χ4n) is 1.10. The summed E-state index contributed by atoms with van der Waals surface area (Å²) in [6.45, 7) is 1.64. The van der Waals surface area contributed by atoms with E-state index in [1.54, 1.807) is 25.1 Å². The number of esters is 1. The van der Waals surface area contributed by atoms with E-state index in [2.05, 4.69) is 0 Å². The fourth-order valence-corrected chi connectivity index (χ4v) is 1.57. The highest BCUT2D eigenvalue weighted by molar-refractivity contribution is 6.35. The first-order valence-corrected chi connectivity index (χ1v) is 5.44. The van der Waals surface area contributed by atoms with Crippen LogP contribution < -0.4 is 0 Å². The molecule has 0 bridgehead atoms. The molecule has 0 aliphatic rings. The van der Waals surface area contributed by atoms with Crippen molar-refractivity contribution in [2.24, 2.45) is 0 Å². The molecule has 0 heterocycles. The third kappa shape index (κ3) is 4.00. The number of rotatable bonds is 4. The Hall–Kier alpha value is -0.770. The minimum absolute atomic E-state index is 0.101. The Balaban J connectivity index is 2.63. The molecule has 1 unspecified atom stereocenters. The second-order valence-electron chi connectivity index (χ2n) is 3.21. The van der Waals surface area contributed by atoms with Gasteiger partial charge in [-0.05, 0) is 24.6 Å². The highest BCUT2D eigenvalue weighted by atomic mass is 35.5. The second-order valence-corrected chi connectivity index (χ2v) is 4.05. The van der Waals surface area contributed by atoms with Gasteiger partial charge in [0.1, 0.15) is 0 Å². The molecule has 0 aromatic heterocycles. The van der Waals surface area contributed by atoms with Crippen LogP contribution in [0.15, 0.2) is 18.2 Å². The molecule has 1 aromatic rings. The standard InChI is InChI=1S/C11H12Cl2O3/c1-7(15-2)16-11(14)5-8-3-4-9(12)6-10(8)13/h3-4,6-7H,5H2,1-2H3. The molecule has 0 radical (unpaired) electrons. The molecule has 1 aromatic carbocycles. The first-order valence-electron chi connectivity index (χ1n) is 4.69. The molecule has 1 rings (SSSR count). The summed E-state index contributed by atoms with van der Waals surface area (Å²) in [4.78, 5) is 11.4. The fraction of sp³-hybridized carbons (Fsp3) is 0.364. The maximum absolute atomic E-state index is 11.4. The van der Waals surface area contributed by atoms with Crippen LogP contribution in [0.4, 0.5) is 0 Å². The Bertz CT molecular complexity index is 379. The molecule has 5 heteroatoms. The summed E-state index contributed by atoms with van der Waals surface area (Å²) in [5.41, 5.74) is 0.680. The summed E-state index contributed by atoms with van der Waals surface area (Å²) in [6, 6.07) is 4.96. The number of halogens is 2. The van der Waals surface area contributed by atoms with Crippen LogP contribution in [0.1, 0.15) is 12.5 Å². The lowest BCUT2D eigenvalue weighted by atomic mass is 10.1. The van der Waals surface area contributed by atoms with Crippen LogP contribution in [0, 0.1) is 0 Å². The van der Waals surface area contributed by atoms with Gasteiger partial charge >= 0.3 is 5.97 Å². The smallest absolute Gasteiger partial charge is 0.312 e. The molecule has 0 saturated heterocycles. The van der Waals surface area contributed by atoms with Crippen molar-refractivity contribution in [1.29, 1.82) is 0 Å². The van der Waals surface area contributed by atoms with Gasteiger partial charge in [-0.3, -0.25) is 4.79 Å². The number of methoxy groups -OCH3 is 1. The highest BCUT2D eigenvalue weighted by Crippen LogP contribution is 2.21. The van der Waals surface area contributed by atoms with E-state index >= 15 is 0 Å². The lowest BCUT2D eigenvalue weighted by Crippen LogP contribution is -2.18. The molecular weight excluding hydrogens is 251 g/mol. The van der Waals surface area contributed by atoms with E-state index in [0.29, 0.717) is 15.6 Å². The number of carbonyl (C=O) groups excluding carboxylic acids is 1. The summed E-state index contributed by atoms with van der Waals surface area (Å²) in [6.07, 6.45) is -0.456. The maximum Gasteiger partial charge on any atom is 0.312 e. The van der Waals surface area contributed by atoms with Crippen LogP contribution in [-0.2, 0) is 20.7 Å². The first kappa shape index (κ1) is 13.3. The molecule has 0 N–H and O–H groups in total. The van der Waals surface area contributed by atoms with Gasteiger partial charge in [0, 0.05) is 17.2 Å². The first-order chi connectivity index (χ1) is 7.52. The van der Waals surface area contributed by atoms with Gasteiger partial charge in [0.25, 0.3) is 0 Å². The minimum Gasteiger partial charge on any atom is -0.436 e. The van der Waals surface area contributed by atoms with E-state index in [4.69, 9.17) is 32.7 Å². The van der Waals surface area contributed by atoms with Crippen LogP contribution in [-0.4, -0.2) is 19.4 Å². The van der Waals surface area contributed by atoms with Gasteiger partial charge in [0.05, 0.1) is 6.42 Å². The van der Waals surface area contributed by atoms with Crippen molar-refractivity contribution in [3.8, 4) is 0 Å². The van der Waals surface area contributed by atoms with Crippen molar-refractivity contribution in [3.63, 3.8) is 0 Å². The topological polar surface area (TPSA) is 35.5 Å². The molecule has 0 spiro atoms. The van der Waals surface area contributed by atoms with Gasteiger partial charge in [0.2, 0.25) is 0 Å². The Morgan fingerprint density at radius 1 is 1.44 bits per heavy atom. The van der Waals surface area contributed by atoms with Gasteiger partial charge in [-0.25, -0.2) is 0 Å². The number of hydrogen-bond acceptors (Lipinski definition) is 3. The Morgan fingerprint density at radius 3 is 2.69 bits per heavy atom. The van der Waals surface area contributed by atoms with E-state index < -0.39 is 12.3 Å². The van der Waals surface area contributed by atoms with Gasteiger partial charge < -0.3 is 9.47 Å². The predicted molar refractivity (Wildman–Crippen MR) is 62.7 cm³/mol. The monoisotopic (exact) mass is 262 g/mol. The normalized spacial score (nSPS) is 12.2. The molecule has 0 aliphatic heterocycles. The largest absolute Gasteiger partial charge is 0.436 e. The average Bonchev–Trinajstić information content (AvgIpc) is 2.22. The average molecular weight is 263 g/mol. The van der Waals surface area contributed by atoms with Gasteiger partial charge in [0.15, 0.2) is 6.29 Å². The zero-order valence-corrected chi connectivity index (χ0v) is 10.5. The molecule has 16 heavy (non-hydrogen) atoms. The van der Waals surface area contributed by atoms with E-state index in [-0.39, 0.29) is 6.42 Å². The van der Waals surface area contributed by atoms with E-state index in [9.17, 15) is 4.79 Å². The van der Waals surface area contributed by atoms with Crippen LogP contribution >= 0.6 is 23.2 Å². The zero-order chi connectivity index (χ0) is 12.1. The van der Waals surface area contributed by atoms with E-state index in [1.165, 1.54) is 7.11 Å². The Kier molecular flexibility index (Phi) is 5.06. The van der Waals surface area contributed by atoms with Crippen molar-refractivity contribution in [1.82, 2.24) is 0 Å². The summed E-state index contributed by atoms with van der Waals surface area (Å²) in [5.74, 6) is -0.390. The molecule has 0 saturated carbocycles. The summed E-state index contributed by atoms with van der Waals surface area (Å²) in [7, 11) is 1.47. The predicted octanol–water partition coefficient (Wildman–Crippen LogP) is 3.07. The third-order valence-corrected chi connectivity index (χ3v) is 2.57. The highest BCUT2D eigenvalue weighted by Gasteiger charge is 2.11. The van der Waals surface area contributed by atoms with Crippen molar-refractivity contribution < 1.29 is 14.3 Å². The van der Waals surface area contributed by atoms with Crippen LogP contribution in [0.5, 0.6) is 0 Å². The van der Waals surface area contributed by atoms with Gasteiger partial charge in [-0.1, -0.05) is 29.3 Å². The molecule has 88 valence electrons. The zero-order valence-electron chi connectivity index (χ0n) is 9.00. The van der Waals surface area contributed by atoms with Gasteiger partial charge in [-0.15, -0.1) is 0 Å². The van der Waals surface area contributed by atoms with Crippen molar-refractivity contribution >= 4 is 29.2 Å². The molecular formula is C11H12Cl2O3. The quantitative estimate of drug-likeness (QED) is 0.618. The SMILES string of the molecule is COC(C)OC(=O)Cc1ccc(Cl)cc1Cl. The minimum atomic E-state index is -0.557. The number of carbonyl (C=O) groups is 1. The Labute approximate surface area is 104 Å². The summed E-state index contributed by atoms with van der Waals surface area (Å²) >= 11 is 11.7. The van der Waals surface area contributed by atoms with Crippen LogP contribution in [0.2, 0.25) is 10.0 Å². The summed E-state index contributed by atoms with van der Waals surface area (Å²) in [5, 5.41) is 0.988. The van der Waals surface area contributed by atoms with Crippen molar-refractivity contribution in [2.45, 2.75) is 19.6 Å². The van der Waals surface area contributed by atoms with Gasteiger partial charge in [-0.2, -0.15) is 0 Å². The number of ether oxygens (including phenoxy) is 2. The maximum atomic E-state index is 11.4. The number of benzene rings is 1. The van der Waals surface area contributed by atoms with Crippen LogP contribution in [0.3, 0.4) is 0 Å². The molecule has 3 nitrogen and oxygen atoms in total. The third-order valence-electron chi connectivity index (χ3n) is 1.98. The summed E-state index contributed by atoms with van der Waals surface area (Å²) < 4.78 is 9.75. The second kappa shape index (κ2) is 6.09. The van der Waals surface area contributed by atoms with E-state index in [0.717, 1.165) is 0 Å². The Morgan fingerprint density at radius 2 is 2.12 bits per heavy atom.